The molecule has 0 aromatic rings. The lowest BCUT2D eigenvalue weighted by Crippen LogP contribution is -2.30. The van der Waals surface area contributed by atoms with E-state index < -0.39 is 0 Å². The van der Waals surface area contributed by atoms with Crippen molar-refractivity contribution in [3.8, 4) is 0 Å². The van der Waals surface area contributed by atoms with Crippen LogP contribution < -0.4 is 0 Å². The Morgan fingerprint density at radius 2 is 1.06 bits per heavy atom. The normalized spacial score (nSPS) is 28.6. The molecule has 5 rings (SSSR count). The van der Waals surface area contributed by atoms with Crippen molar-refractivity contribution in [2.75, 3.05) is 47.1 Å². The molecular formula is C61H109NO6. The van der Waals surface area contributed by atoms with Gasteiger partial charge in [0, 0.05) is 32.0 Å². The lowest BCUT2D eigenvalue weighted by atomic mass is 9.88. The summed E-state index contributed by atoms with van der Waals surface area (Å²) >= 11 is 0. The molecule has 7 heteroatoms. The number of rotatable bonds is 45. The molecule has 5 saturated carbocycles. The van der Waals surface area contributed by atoms with Crippen molar-refractivity contribution in [2.24, 2.45) is 59.2 Å². The molecule has 68 heavy (non-hydrogen) atoms. The van der Waals surface area contributed by atoms with Crippen LogP contribution in [0, 0.1) is 59.2 Å². The first-order valence-electron chi connectivity index (χ1n) is 30.1. The van der Waals surface area contributed by atoms with Crippen LogP contribution in [0.5, 0.6) is 0 Å². The molecule has 5 fully saturated rings. The molecule has 7 nitrogen and oxygen atoms in total. The van der Waals surface area contributed by atoms with Gasteiger partial charge >= 0.3 is 11.9 Å². The molecule has 0 heterocycles. The van der Waals surface area contributed by atoms with Crippen molar-refractivity contribution < 1.29 is 28.5 Å². The summed E-state index contributed by atoms with van der Waals surface area (Å²) in [5, 5.41) is 0. The molecule has 5 aliphatic carbocycles. The van der Waals surface area contributed by atoms with Crippen LogP contribution in [-0.4, -0.2) is 76.1 Å². The van der Waals surface area contributed by atoms with Crippen LogP contribution in [0.25, 0.3) is 0 Å². The molecule has 0 aromatic heterocycles. The first kappa shape index (κ1) is 57.5. The quantitative estimate of drug-likeness (QED) is 0.0342. The molecule has 5 aliphatic rings. The van der Waals surface area contributed by atoms with Gasteiger partial charge in [0.15, 0.2) is 0 Å². The van der Waals surface area contributed by atoms with Gasteiger partial charge in [-0.15, -0.1) is 0 Å². The monoisotopic (exact) mass is 952 g/mol. The third-order valence-electron chi connectivity index (χ3n) is 17.4. The van der Waals surface area contributed by atoms with Crippen LogP contribution in [0.4, 0.5) is 0 Å². The molecule has 0 spiro atoms. The topological polar surface area (TPSA) is 74.3 Å². The van der Waals surface area contributed by atoms with Crippen LogP contribution in [0.2, 0.25) is 0 Å². The lowest BCUT2D eigenvalue weighted by Gasteiger charge is -2.24. The summed E-state index contributed by atoms with van der Waals surface area (Å²) in [6.07, 6.45) is 48.1. The Morgan fingerprint density at radius 3 is 1.59 bits per heavy atom. The second kappa shape index (κ2) is 34.1. The molecule has 0 saturated heterocycles. The Kier molecular flexibility index (Phi) is 28.8. The van der Waals surface area contributed by atoms with E-state index in [2.05, 4.69) is 37.8 Å². The van der Waals surface area contributed by atoms with Crippen molar-refractivity contribution in [3.05, 3.63) is 12.2 Å². The Labute approximate surface area is 419 Å². The predicted molar refractivity (Wildman–Crippen MR) is 283 cm³/mol. The van der Waals surface area contributed by atoms with E-state index in [4.69, 9.17) is 18.9 Å². The maximum absolute atomic E-state index is 13.4. The highest BCUT2D eigenvalue weighted by atomic mass is 16.6. The summed E-state index contributed by atoms with van der Waals surface area (Å²) in [6.45, 7) is 9.78. The molecule has 12 unspecified atom stereocenters. The number of hydrogen-bond donors (Lipinski definition) is 0. The highest BCUT2D eigenvalue weighted by Crippen LogP contribution is 2.56. The van der Waals surface area contributed by atoms with Gasteiger partial charge in [0.05, 0.1) is 6.61 Å². The fraction of sp³-hybridized carbons (Fsp3) is 0.934. The number of nitrogens with zero attached hydrogens (tertiary/aromatic N) is 1. The van der Waals surface area contributed by atoms with Gasteiger partial charge in [-0.3, -0.25) is 9.59 Å². The van der Waals surface area contributed by atoms with E-state index in [0.717, 1.165) is 105 Å². The Morgan fingerprint density at radius 1 is 0.544 bits per heavy atom. The van der Waals surface area contributed by atoms with E-state index in [-0.39, 0.29) is 42.6 Å². The molecule has 0 amide bonds. The van der Waals surface area contributed by atoms with Crippen LogP contribution in [-0.2, 0) is 28.5 Å². The summed E-state index contributed by atoms with van der Waals surface area (Å²) in [5.41, 5.74) is 0. The predicted octanol–water partition coefficient (Wildman–Crippen LogP) is 15.9. The van der Waals surface area contributed by atoms with Crippen LogP contribution in [0.15, 0.2) is 12.2 Å². The van der Waals surface area contributed by atoms with Crippen LogP contribution >= 0.6 is 0 Å². The van der Waals surface area contributed by atoms with Crippen LogP contribution in [0.1, 0.15) is 245 Å². The van der Waals surface area contributed by atoms with Crippen molar-refractivity contribution in [1.82, 2.24) is 4.90 Å². The summed E-state index contributed by atoms with van der Waals surface area (Å²) < 4.78 is 24.6. The average molecular weight is 953 g/mol. The largest absolute Gasteiger partial charge is 0.463 e. The Bertz CT molecular complexity index is 1350. The van der Waals surface area contributed by atoms with E-state index in [0.29, 0.717) is 26.1 Å². The van der Waals surface area contributed by atoms with Gasteiger partial charge in [0.2, 0.25) is 0 Å². The molecular weight excluding hydrogens is 843 g/mol. The summed E-state index contributed by atoms with van der Waals surface area (Å²) in [4.78, 5) is 28.3. The minimum absolute atomic E-state index is 0.118. The van der Waals surface area contributed by atoms with Gasteiger partial charge < -0.3 is 23.8 Å². The standard InChI is InChI=1S/C61H109NO6/c1-6-9-20-28-48-39-53(48)43-55-41-50(55)30-23-16-12-14-18-25-37-65-46-57(66-38-26-19-15-13-17-24-31-51-42-56(51)44-54-40-49(54)29-21-10-7-2)47-67-61(64)45-52-34-35-59(58(52)32-22-11-8-3)68-60(63)33-27-36-62(4)5/h11,22,48-59H,6-10,12-21,23-47H2,1-5H3/b22-11-. The molecule has 0 aliphatic heterocycles. The Hall–Kier alpha value is -1.44. The van der Waals surface area contributed by atoms with Crippen molar-refractivity contribution in [2.45, 2.75) is 258 Å². The van der Waals surface area contributed by atoms with Crippen molar-refractivity contribution >= 4 is 11.9 Å². The first-order valence-corrected chi connectivity index (χ1v) is 30.1. The van der Waals surface area contributed by atoms with Crippen molar-refractivity contribution in [3.63, 3.8) is 0 Å². The molecule has 12 atom stereocenters. The zero-order valence-electron chi connectivity index (χ0n) is 45.3. The van der Waals surface area contributed by atoms with Gasteiger partial charge in [-0.25, -0.2) is 0 Å². The number of hydrogen-bond acceptors (Lipinski definition) is 7. The van der Waals surface area contributed by atoms with Gasteiger partial charge in [-0.1, -0.05) is 161 Å². The highest BCUT2D eigenvalue weighted by molar-refractivity contribution is 5.70. The van der Waals surface area contributed by atoms with E-state index in [9.17, 15) is 9.59 Å². The minimum Gasteiger partial charge on any atom is -0.463 e. The zero-order valence-corrected chi connectivity index (χ0v) is 45.3. The lowest BCUT2D eigenvalue weighted by molar-refractivity contribution is -0.152. The maximum Gasteiger partial charge on any atom is 0.306 e. The van der Waals surface area contributed by atoms with Gasteiger partial charge in [-0.2, -0.15) is 0 Å². The number of allylic oxidation sites excluding steroid dienone is 2. The third-order valence-corrected chi connectivity index (χ3v) is 17.4. The zero-order chi connectivity index (χ0) is 48.2. The summed E-state index contributed by atoms with van der Waals surface area (Å²) in [7, 11) is 4.05. The van der Waals surface area contributed by atoms with Gasteiger partial charge in [0.25, 0.3) is 0 Å². The third kappa shape index (κ3) is 24.8. The number of carbonyl (C=O) groups is 2. The number of esters is 2. The highest BCUT2D eigenvalue weighted by Gasteiger charge is 2.46. The van der Waals surface area contributed by atoms with Gasteiger partial charge in [0.1, 0.15) is 18.8 Å². The number of carbonyl (C=O) groups excluding carboxylic acids is 2. The maximum atomic E-state index is 13.4. The fourth-order valence-corrected chi connectivity index (χ4v) is 12.5. The summed E-state index contributed by atoms with van der Waals surface area (Å²) in [5.74, 6) is 8.56. The SMILES string of the molecule is CC/C=C\CC1C(CC(=O)OCC(COCCCCCCCCC2CC2CC2CC2CCCCC)OCCCCCCCCC2CC2CC2CC2CCCCC)CCC1OC(=O)CCCN(C)C. The molecule has 0 bridgehead atoms. The Balaban J connectivity index is 0.927. The smallest absolute Gasteiger partial charge is 0.306 e. The van der Waals surface area contributed by atoms with E-state index in [1.165, 1.54) is 154 Å². The van der Waals surface area contributed by atoms with Crippen molar-refractivity contribution in [1.29, 1.82) is 0 Å². The molecule has 0 aromatic carbocycles. The number of ether oxygens (including phenoxy) is 4. The second-order valence-corrected chi connectivity index (χ2v) is 23.8. The summed E-state index contributed by atoms with van der Waals surface area (Å²) in [6, 6.07) is 0. The van der Waals surface area contributed by atoms with Gasteiger partial charge in [-0.05, 0) is 157 Å². The number of unbranched alkanes of at least 4 members (excludes halogenated alkanes) is 14. The minimum atomic E-state index is -0.242. The first-order chi connectivity index (χ1) is 33.3. The van der Waals surface area contributed by atoms with Crippen LogP contribution in [0.3, 0.4) is 0 Å². The van der Waals surface area contributed by atoms with E-state index >= 15 is 0 Å². The average Bonchev–Trinajstić information content (AvgIpc) is 4.21. The fourth-order valence-electron chi connectivity index (χ4n) is 12.5. The van der Waals surface area contributed by atoms with E-state index in [1.54, 1.807) is 12.8 Å². The molecule has 394 valence electrons. The second-order valence-electron chi connectivity index (χ2n) is 23.8. The molecule has 0 radical (unpaired) electrons. The van der Waals surface area contributed by atoms with E-state index in [1.807, 2.05) is 14.1 Å². The molecule has 0 N–H and O–H groups in total.